The number of halogens is 1. The van der Waals surface area contributed by atoms with Crippen LogP contribution in [0.3, 0.4) is 0 Å². The highest BCUT2D eigenvalue weighted by molar-refractivity contribution is 6.33. The van der Waals surface area contributed by atoms with Gasteiger partial charge >= 0.3 is 0 Å². The average Bonchev–Trinajstić information content (AvgIpc) is 3.50. The Hall–Kier alpha value is -2.55. The Morgan fingerprint density at radius 1 is 1.00 bits per heavy atom. The van der Waals surface area contributed by atoms with Crippen molar-refractivity contribution < 1.29 is 9.15 Å². The normalized spacial score (nSPS) is 20.6. The van der Waals surface area contributed by atoms with Crippen molar-refractivity contribution in [1.82, 2.24) is 15.3 Å². The zero-order valence-corrected chi connectivity index (χ0v) is 19.4. The summed E-state index contributed by atoms with van der Waals surface area (Å²) in [5, 5.41) is 7.60. The van der Waals surface area contributed by atoms with Crippen LogP contribution in [0.1, 0.15) is 19.3 Å². The number of fused-ring (bicyclic) bond motifs is 1. The SMILES string of the molecule is Clc1cc(Nc2nc(N3CCC4(CCNC4)CC3)c3occc3n2)ccc1N1CCOCC1. The van der Waals surface area contributed by atoms with E-state index in [0.29, 0.717) is 16.4 Å². The highest BCUT2D eigenvalue weighted by Crippen LogP contribution is 2.39. The van der Waals surface area contributed by atoms with Gasteiger partial charge in [0.2, 0.25) is 5.95 Å². The number of ether oxygens (including phenoxy) is 1. The molecular formula is C24H29ClN6O2. The summed E-state index contributed by atoms with van der Waals surface area (Å²) in [4.78, 5) is 14.1. The van der Waals surface area contributed by atoms with E-state index >= 15 is 0 Å². The predicted octanol–water partition coefficient (Wildman–Crippen LogP) is 4.04. The number of hydrogen-bond donors (Lipinski definition) is 2. The summed E-state index contributed by atoms with van der Waals surface area (Å²) in [6, 6.07) is 7.91. The van der Waals surface area contributed by atoms with Gasteiger partial charge in [0.15, 0.2) is 11.4 Å². The number of anilines is 4. The van der Waals surface area contributed by atoms with Crippen LogP contribution in [0, 0.1) is 5.41 Å². The van der Waals surface area contributed by atoms with E-state index in [4.69, 9.17) is 25.7 Å². The van der Waals surface area contributed by atoms with Crippen molar-refractivity contribution in [2.24, 2.45) is 5.41 Å². The van der Waals surface area contributed by atoms with Crippen LogP contribution >= 0.6 is 11.6 Å². The van der Waals surface area contributed by atoms with E-state index < -0.39 is 0 Å². The van der Waals surface area contributed by atoms with Crippen LogP contribution in [0.15, 0.2) is 34.9 Å². The maximum Gasteiger partial charge on any atom is 0.229 e. The predicted molar refractivity (Wildman–Crippen MR) is 131 cm³/mol. The summed E-state index contributed by atoms with van der Waals surface area (Å²) in [5.41, 5.74) is 3.90. The van der Waals surface area contributed by atoms with E-state index in [9.17, 15) is 0 Å². The summed E-state index contributed by atoms with van der Waals surface area (Å²) in [6.07, 6.45) is 5.31. The van der Waals surface area contributed by atoms with Crippen molar-refractivity contribution in [2.75, 3.05) is 67.6 Å². The van der Waals surface area contributed by atoms with Gasteiger partial charge in [-0.05, 0) is 49.4 Å². The molecular weight excluding hydrogens is 440 g/mol. The minimum absolute atomic E-state index is 0.450. The van der Waals surface area contributed by atoms with Crippen LogP contribution in [0.2, 0.25) is 5.02 Å². The minimum atomic E-state index is 0.450. The van der Waals surface area contributed by atoms with Crippen molar-refractivity contribution in [3.63, 3.8) is 0 Å². The number of morpholine rings is 1. The molecule has 0 bridgehead atoms. The number of rotatable bonds is 4. The molecule has 3 aromatic rings. The smallest absolute Gasteiger partial charge is 0.229 e. The summed E-state index contributed by atoms with van der Waals surface area (Å²) >= 11 is 6.63. The summed E-state index contributed by atoms with van der Waals surface area (Å²) in [5.74, 6) is 1.42. The number of furan rings is 1. The molecule has 3 saturated heterocycles. The monoisotopic (exact) mass is 468 g/mol. The Balaban J connectivity index is 1.24. The molecule has 3 aliphatic heterocycles. The number of piperidine rings is 1. The second kappa shape index (κ2) is 8.66. The van der Waals surface area contributed by atoms with Crippen molar-refractivity contribution in [3.05, 3.63) is 35.6 Å². The Morgan fingerprint density at radius 2 is 1.85 bits per heavy atom. The highest BCUT2D eigenvalue weighted by atomic mass is 35.5. The molecule has 8 nitrogen and oxygen atoms in total. The highest BCUT2D eigenvalue weighted by Gasteiger charge is 2.38. The van der Waals surface area contributed by atoms with Gasteiger partial charge in [-0.25, -0.2) is 4.98 Å². The van der Waals surface area contributed by atoms with E-state index in [1.165, 1.54) is 19.3 Å². The van der Waals surface area contributed by atoms with E-state index in [-0.39, 0.29) is 0 Å². The fourth-order valence-electron chi connectivity index (χ4n) is 5.31. The first kappa shape index (κ1) is 21.0. The second-order valence-electron chi connectivity index (χ2n) is 9.31. The molecule has 0 unspecified atom stereocenters. The molecule has 0 radical (unpaired) electrons. The first-order valence-corrected chi connectivity index (χ1v) is 12.2. The topological polar surface area (TPSA) is 78.7 Å². The van der Waals surface area contributed by atoms with Crippen LogP contribution in [-0.2, 0) is 4.74 Å². The van der Waals surface area contributed by atoms with Crippen LogP contribution < -0.4 is 20.4 Å². The van der Waals surface area contributed by atoms with Gasteiger partial charge in [-0.1, -0.05) is 11.6 Å². The van der Waals surface area contributed by atoms with E-state index in [2.05, 4.69) is 25.4 Å². The van der Waals surface area contributed by atoms with Crippen molar-refractivity contribution in [2.45, 2.75) is 19.3 Å². The molecule has 9 heteroatoms. The maximum absolute atomic E-state index is 6.63. The Morgan fingerprint density at radius 3 is 2.61 bits per heavy atom. The molecule has 5 heterocycles. The quantitative estimate of drug-likeness (QED) is 0.594. The van der Waals surface area contributed by atoms with Crippen molar-refractivity contribution >= 4 is 45.8 Å². The lowest BCUT2D eigenvalue weighted by Crippen LogP contribution is -2.41. The van der Waals surface area contributed by atoms with Gasteiger partial charge in [-0.15, -0.1) is 0 Å². The van der Waals surface area contributed by atoms with Gasteiger partial charge in [-0.3, -0.25) is 0 Å². The zero-order chi connectivity index (χ0) is 22.3. The van der Waals surface area contributed by atoms with Gasteiger partial charge in [0, 0.05) is 44.5 Å². The van der Waals surface area contributed by atoms with Gasteiger partial charge < -0.3 is 29.6 Å². The number of nitrogens with zero attached hydrogens (tertiary/aromatic N) is 4. The maximum atomic E-state index is 6.63. The summed E-state index contributed by atoms with van der Waals surface area (Å²) in [7, 11) is 0. The lowest BCUT2D eigenvalue weighted by Gasteiger charge is -2.39. The molecule has 2 N–H and O–H groups in total. The first-order chi connectivity index (χ1) is 16.2. The number of nitrogens with one attached hydrogen (secondary N) is 2. The van der Waals surface area contributed by atoms with E-state index in [1.54, 1.807) is 6.26 Å². The third kappa shape index (κ3) is 4.11. The Bertz CT molecular complexity index is 1130. The third-order valence-corrected chi connectivity index (χ3v) is 7.60. The van der Waals surface area contributed by atoms with Crippen molar-refractivity contribution in [3.8, 4) is 0 Å². The van der Waals surface area contributed by atoms with Gasteiger partial charge in [0.1, 0.15) is 5.52 Å². The largest absolute Gasteiger partial charge is 0.459 e. The summed E-state index contributed by atoms with van der Waals surface area (Å²) in [6.45, 7) is 7.39. The molecule has 3 aliphatic rings. The first-order valence-electron chi connectivity index (χ1n) is 11.8. The van der Waals surface area contributed by atoms with E-state index in [0.717, 1.165) is 80.8 Å². The molecule has 3 fully saturated rings. The van der Waals surface area contributed by atoms with Gasteiger partial charge in [-0.2, -0.15) is 4.98 Å². The standard InChI is InChI=1S/C24H29ClN6O2/c25-18-15-17(1-2-20(18)30-10-13-32-14-11-30)27-23-28-19-3-12-33-21(19)22(29-23)31-8-5-24(6-9-31)4-7-26-16-24/h1-3,12,15,26H,4-11,13-14,16H2,(H,27,28,29). The third-order valence-electron chi connectivity index (χ3n) is 7.30. The van der Waals surface area contributed by atoms with Crippen LogP contribution in [0.25, 0.3) is 11.1 Å². The number of aromatic nitrogens is 2. The average molecular weight is 469 g/mol. The lowest BCUT2D eigenvalue weighted by atomic mass is 9.78. The molecule has 1 aromatic carbocycles. The molecule has 1 spiro atoms. The van der Waals surface area contributed by atoms with Crippen LogP contribution in [0.4, 0.5) is 23.1 Å². The fourth-order valence-corrected chi connectivity index (χ4v) is 5.61. The minimum Gasteiger partial charge on any atom is -0.459 e. The summed E-state index contributed by atoms with van der Waals surface area (Å²) < 4.78 is 11.2. The Labute approximate surface area is 198 Å². The lowest BCUT2D eigenvalue weighted by molar-refractivity contribution is 0.122. The molecule has 33 heavy (non-hydrogen) atoms. The van der Waals surface area contributed by atoms with Crippen LogP contribution in [-0.4, -0.2) is 62.5 Å². The molecule has 2 aromatic heterocycles. The fraction of sp³-hybridized carbons (Fsp3) is 0.500. The molecule has 0 amide bonds. The van der Waals surface area contributed by atoms with Crippen LogP contribution in [0.5, 0.6) is 0 Å². The number of benzene rings is 1. The molecule has 0 aliphatic carbocycles. The molecule has 0 atom stereocenters. The number of hydrogen-bond acceptors (Lipinski definition) is 8. The molecule has 174 valence electrons. The molecule has 0 saturated carbocycles. The molecule has 6 rings (SSSR count). The Kier molecular flexibility index (Phi) is 5.52. The van der Waals surface area contributed by atoms with Crippen molar-refractivity contribution in [1.29, 1.82) is 0 Å². The van der Waals surface area contributed by atoms with E-state index in [1.807, 2.05) is 24.3 Å². The van der Waals surface area contributed by atoms with Gasteiger partial charge in [0.25, 0.3) is 0 Å². The second-order valence-corrected chi connectivity index (χ2v) is 9.72. The van der Waals surface area contributed by atoms with Gasteiger partial charge in [0.05, 0.1) is 30.2 Å². The zero-order valence-electron chi connectivity index (χ0n) is 18.6.